The van der Waals surface area contributed by atoms with Crippen molar-refractivity contribution >= 4 is 28.4 Å². The maximum absolute atomic E-state index is 12.6. The molecular weight excluding hydrogens is 418 g/mol. The second kappa shape index (κ2) is 9.39. The van der Waals surface area contributed by atoms with Crippen LogP contribution in [0.5, 0.6) is 5.75 Å². The van der Waals surface area contributed by atoms with Gasteiger partial charge in [0.15, 0.2) is 0 Å². The molecule has 2 aliphatic rings. The average Bonchev–Trinajstić information content (AvgIpc) is 3.48. The summed E-state index contributed by atoms with van der Waals surface area (Å²) < 4.78 is 13.4. The molecule has 8 nitrogen and oxygen atoms in total. The lowest BCUT2D eigenvalue weighted by molar-refractivity contribution is -0.117. The van der Waals surface area contributed by atoms with Crippen molar-refractivity contribution in [3.05, 3.63) is 30.7 Å². The maximum atomic E-state index is 12.6. The van der Waals surface area contributed by atoms with Crippen LogP contribution in [0.15, 0.2) is 30.7 Å². The Kier molecular flexibility index (Phi) is 6.17. The first-order valence-corrected chi connectivity index (χ1v) is 11.8. The summed E-state index contributed by atoms with van der Waals surface area (Å²) in [5.41, 5.74) is 9.71. The first-order valence-electron chi connectivity index (χ1n) is 11.8. The fourth-order valence-electron chi connectivity index (χ4n) is 5.21. The average molecular weight is 450 g/mol. The summed E-state index contributed by atoms with van der Waals surface area (Å²) in [5, 5.41) is 3.88. The van der Waals surface area contributed by atoms with Crippen LogP contribution in [0.1, 0.15) is 51.0 Å². The van der Waals surface area contributed by atoms with Gasteiger partial charge in [0.25, 0.3) is 0 Å². The van der Waals surface area contributed by atoms with Crippen molar-refractivity contribution in [1.82, 2.24) is 14.5 Å². The van der Waals surface area contributed by atoms with Crippen molar-refractivity contribution in [1.29, 1.82) is 0 Å². The topological polar surface area (TPSA) is 104 Å². The number of nitrogen functional groups attached to an aromatic ring is 1. The predicted octanol–water partition coefficient (Wildman–Crippen LogP) is 4.56. The van der Waals surface area contributed by atoms with Gasteiger partial charge < -0.3 is 25.1 Å². The van der Waals surface area contributed by atoms with Crippen LogP contribution in [0.3, 0.4) is 0 Å². The Bertz CT molecular complexity index is 1150. The molecule has 8 heteroatoms. The van der Waals surface area contributed by atoms with Gasteiger partial charge in [-0.15, -0.1) is 0 Å². The minimum atomic E-state index is 0.0433. The summed E-state index contributed by atoms with van der Waals surface area (Å²) in [5.74, 6) is 1.61. The van der Waals surface area contributed by atoms with Crippen LogP contribution in [0.25, 0.3) is 22.2 Å². The lowest BCUT2D eigenvalue weighted by Gasteiger charge is -2.24. The lowest BCUT2D eigenvalue weighted by Crippen LogP contribution is -2.19. The van der Waals surface area contributed by atoms with E-state index < -0.39 is 0 Å². The van der Waals surface area contributed by atoms with E-state index in [1.165, 1.54) is 19.2 Å². The molecule has 3 N–H and O–H groups in total. The van der Waals surface area contributed by atoms with E-state index in [1.54, 1.807) is 7.11 Å². The Hall–Kier alpha value is -3.13. The number of methoxy groups -OCH3 is 1. The molecule has 0 unspecified atom stereocenters. The Morgan fingerprint density at radius 3 is 2.76 bits per heavy atom. The summed E-state index contributed by atoms with van der Waals surface area (Å²) in [6, 6.07) is 6.14. The minimum Gasteiger partial charge on any atom is -0.495 e. The van der Waals surface area contributed by atoms with Crippen LogP contribution in [0.2, 0.25) is 0 Å². The van der Waals surface area contributed by atoms with E-state index in [9.17, 15) is 4.79 Å². The highest BCUT2D eigenvalue weighted by molar-refractivity contribution is 6.01. The zero-order valence-electron chi connectivity index (χ0n) is 19.0. The van der Waals surface area contributed by atoms with Gasteiger partial charge in [0.2, 0.25) is 5.91 Å². The number of hydrogen-bond acceptors (Lipinski definition) is 6. The Morgan fingerprint density at radius 2 is 2.00 bits per heavy atom. The van der Waals surface area contributed by atoms with E-state index in [-0.39, 0.29) is 5.91 Å². The first-order chi connectivity index (χ1) is 16.1. The number of carbonyl (C=O) groups excluding carboxylic acids is 1. The Labute approximate surface area is 193 Å². The van der Waals surface area contributed by atoms with Crippen molar-refractivity contribution in [3.8, 4) is 16.9 Å². The van der Waals surface area contributed by atoms with Crippen LogP contribution in [0, 0.1) is 5.92 Å². The second-order valence-corrected chi connectivity index (χ2v) is 9.07. The molecule has 3 aromatic rings. The highest BCUT2D eigenvalue weighted by Crippen LogP contribution is 2.39. The Morgan fingerprint density at radius 1 is 1.21 bits per heavy atom. The van der Waals surface area contributed by atoms with Crippen LogP contribution >= 0.6 is 0 Å². The van der Waals surface area contributed by atoms with Crippen molar-refractivity contribution in [2.45, 2.75) is 51.0 Å². The summed E-state index contributed by atoms with van der Waals surface area (Å²) in [4.78, 5) is 21.4. The lowest BCUT2D eigenvalue weighted by atomic mass is 10.0. The number of fused-ring (bicyclic) bond motifs is 1. The van der Waals surface area contributed by atoms with Crippen molar-refractivity contribution in [2.75, 3.05) is 31.4 Å². The third-order valence-corrected chi connectivity index (χ3v) is 6.96. The molecule has 0 spiro atoms. The molecule has 3 heterocycles. The minimum absolute atomic E-state index is 0.0433. The highest BCUT2D eigenvalue weighted by Gasteiger charge is 2.23. The van der Waals surface area contributed by atoms with Gasteiger partial charge in [0.05, 0.1) is 18.2 Å². The number of rotatable bonds is 6. The van der Waals surface area contributed by atoms with Gasteiger partial charge in [-0.25, -0.2) is 9.97 Å². The monoisotopic (exact) mass is 449 g/mol. The number of ether oxygens (including phenoxy) is 2. The number of amides is 1. The zero-order valence-corrected chi connectivity index (χ0v) is 19.0. The first kappa shape index (κ1) is 21.7. The third-order valence-electron chi connectivity index (χ3n) is 6.96. The van der Waals surface area contributed by atoms with Gasteiger partial charge in [-0.2, -0.15) is 0 Å². The molecule has 1 amide bonds. The molecule has 1 aliphatic carbocycles. The molecule has 0 atom stereocenters. The third kappa shape index (κ3) is 4.39. The molecule has 2 fully saturated rings. The van der Waals surface area contributed by atoms with Gasteiger partial charge in [-0.1, -0.05) is 18.9 Å². The number of benzene rings is 1. The molecular formula is C25H31N5O3. The molecule has 2 aromatic heterocycles. The van der Waals surface area contributed by atoms with Crippen LogP contribution in [0.4, 0.5) is 11.5 Å². The summed E-state index contributed by atoms with van der Waals surface area (Å²) in [7, 11) is 1.62. The number of aromatic nitrogens is 3. The molecule has 1 aromatic carbocycles. The molecule has 174 valence electrons. The summed E-state index contributed by atoms with van der Waals surface area (Å²) in [6.45, 7) is 1.48. The van der Waals surface area contributed by atoms with Crippen LogP contribution in [-0.2, 0) is 9.53 Å². The van der Waals surface area contributed by atoms with Gasteiger partial charge in [0.1, 0.15) is 23.5 Å². The van der Waals surface area contributed by atoms with Crippen LogP contribution < -0.4 is 15.8 Å². The second-order valence-electron chi connectivity index (χ2n) is 9.07. The maximum Gasteiger partial charge on any atom is 0.224 e. The normalized spacial score (nSPS) is 17.5. The molecule has 5 rings (SSSR count). The molecule has 33 heavy (non-hydrogen) atoms. The molecule has 1 aliphatic heterocycles. The van der Waals surface area contributed by atoms with E-state index in [0.29, 0.717) is 35.6 Å². The van der Waals surface area contributed by atoms with Crippen molar-refractivity contribution < 1.29 is 14.3 Å². The van der Waals surface area contributed by atoms with E-state index in [4.69, 9.17) is 15.2 Å². The number of anilines is 2. The Balaban J connectivity index is 1.47. The zero-order chi connectivity index (χ0) is 22.8. The SMILES string of the molecule is COc1cc(-c2cn(C3CCOCC3)c3ncnc(N)c23)ccc1NC(=O)CC1CCCC1. The molecule has 0 radical (unpaired) electrons. The van der Waals surface area contributed by atoms with Gasteiger partial charge >= 0.3 is 0 Å². The smallest absolute Gasteiger partial charge is 0.224 e. The van der Waals surface area contributed by atoms with Crippen molar-refractivity contribution in [3.63, 3.8) is 0 Å². The number of nitrogens with two attached hydrogens (primary N) is 1. The van der Waals surface area contributed by atoms with Gasteiger partial charge in [0, 0.05) is 37.4 Å². The van der Waals surface area contributed by atoms with Crippen LogP contribution in [-0.4, -0.2) is 40.8 Å². The predicted molar refractivity (Wildman–Crippen MR) is 128 cm³/mol. The van der Waals surface area contributed by atoms with E-state index >= 15 is 0 Å². The molecule has 1 saturated heterocycles. The number of nitrogens with one attached hydrogen (secondary N) is 1. The quantitative estimate of drug-likeness (QED) is 0.572. The fraction of sp³-hybridized carbons (Fsp3) is 0.480. The van der Waals surface area contributed by atoms with Gasteiger partial charge in [-0.05, 0) is 49.3 Å². The number of hydrogen-bond donors (Lipinski definition) is 2. The van der Waals surface area contributed by atoms with Crippen molar-refractivity contribution in [2.24, 2.45) is 5.92 Å². The standard InChI is InChI=1S/C25H31N5O3/c1-32-21-13-17(6-7-20(21)29-22(31)12-16-4-2-3-5-16)19-14-30(18-8-10-33-11-9-18)25-23(19)24(26)27-15-28-25/h6-7,13-16,18H,2-5,8-12H2,1H3,(H,29,31)(H2,26,27,28). The molecule has 0 bridgehead atoms. The van der Waals surface area contributed by atoms with E-state index in [0.717, 1.165) is 61.1 Å². The van der Waals surface area contributed by atoms with E-state index in [1.807, 2.05) is 18.2 Å². The number of carbonyl (C=O) groups is 1. The highest BCUT2D eigenvalue weighted by atomic mass is 16.5. The molecule has 1 saturated carbocycles. The number of nitrogens with zero attached hydrogens (tertiary/aromatic N) is 3. The summed E-state index contributed by atoms with van der Waals surface area (Å²) in [6.07, 6.45) is 10.8. The van der Waals surface area contributed by atoms with E-state index in [2.05, 4.69) is 26.0 Å². The summed E-state index contributed by atoms with van der Waals surface area (Å²) >= 11 is 0. The largest absolute Gasteiger partial charge is 0.495 e. The van der Waals surface area contributed by atoms with Gasteiger partial charge in [-0.3, -0.25) is 4.79 Å². The fourth-order valence-corrected chi connectivity index (χ4v) is 5.21.